The molecule has 292 valence electrons. The molecule has 3 aromatic rings. The largest absolute Gasteiger partial charge is 0.453 e. The van der Waals surface area contributed by atoms with E-state index in [1.54, 1.807) is 11.2 Å². The van der Waals surface area contributed by atoms with Crippen LogP contribution in [0.2, 0.25) is 0 Å². The van der Waals surface area contributed by atoms with E-state index in [-0.39, 0.29) is 35.7 Å². The number of imidazole rings is 1. The van der Waals surface area contributed by atoms with Crippen LogP contribution in [0.25, 0.3) is 11.3 Å². The summed E-state index contributed by atoms with van der Waals surface area (Å²) in [5, 5.41) is 5.40. The minimum atomic E-state index is -0.684. The van der Waals surface area contributed by atoms with Crippen LogP contribution in [0.4, 0.5) is 9.59 Å². The Labute approximate surface area is 317 Å². The number of nitrogens with one attached hydrogen (secondary N) is 3. The maximum absolute atomic E-state index is 13.5. The highest BCUT2D eigenvalue weighted by molar-refractivity contribution is 5.87. The zero-order chi connectivity index (χ0) is 38.5. The number of hydrogen-bond acceptors (Lipinski definition) is 9. The molecule has 0 radical (unpaired) electrons. The highest BCUT2D eigenvalue weighted by atomic mass is 16.5. The number of nitrogens with zero attached hydrogens (tertiary/aromatic N) is 4. The van der Waals surface area contributed by atoms with E-state index in [1.165, 1.54) is 19.8 Å². The lowest BCUT2D eigenvalue weighted by molar-refractivity contribution is -0.136. The number of alkyl carbamates (subject to hydrolysis) is 2. The van der Waals surface area contributed by atoms with Gasteiger partial charge in [-0.05, 0) is 80.2 Å². The van der Waals surface area contributed by atoms with Crippen LogP contribution in [0.15, 0.2) is 41.1 Å². The van der Waals surface area contributed by atoms with Crippen molar-refractivity contribution in [3.05, 3.63) is 59.7 Å². The van der Waals surface area contributed by atoms with E-state index < -0.39 is 24.3 Å². The molecule has 14 nitrogen and oxygen atoms in total. The van der Waals surface area contributed by atoms with Gasteiger partial charge in [0.15, 0.2) is 0 Å². The molecule has 1 saturated carbocycles. The van der Waals surface area contributed by atoms with Crippen LogP contribution in [0.5, 0.6) is 0 Å². The van der Waals surface area contributed by atoms with Crippen LogP contribution >= 0.6 is 0 Å². The van der Waals surface area contributed by atoms with E-state index in [2.05, 4.69) is 39.9 Å². The molecule has 3 aliphatic rings. The Hall–Kier alpha value is -4.88. The lowest BCUT2D eigenvalue weighted by atomic mass is 9.77. The average Bonchev–Trinajstić information content (AvgIpc) is 4.02. The normalized spacial score (nSPS) is 22.7. The molecule has 2 saturated heterocycles. The molecule has 6 rings (SSSR count). The molecule has 54 heavy (non-hydrogen) atoms. The molecule has 4 atom stereocenters. The van der Waals surface area contributed by atoms with Crippen molar-refractivity contribution in [2.75, 3.05) is 27.3 Å². The zero-order valence-corrected chi connectivity index (χ0v) is 32.3. The minimum absolute atomic E-state index is 0.0942. The number of ether oxygens (including phenoxy) is 2. The van der Waals surface area contributed by atoms with Crippen LogP contribution in [0, 0.1) is 11.8 Å². The third kappa shape index (κ3) is 8.42. The van der Waals surface area contributed by atoms with E-state index in [4.69, 9.17) is 23.9 Å². The Balaban J connectivity index is 1.04. The number of aromatic nitrogens is 3. The number of hydrogen-bond donors (Lipinski definition) is 3. The maximum atomic E-state index is 13.5. The van der Waals surface area contributed by atoms with Gasteiger partial charge in [-0.1, -0.05) is 52.0 Å². The highest BCUT2D eigenvalue weighted by Gasteiger charge is 2.40. The second kappa shape index (κ2) is 17.1. The smallest absolute Gasteiger partial charge is 0.407 e. The quantitative estimate of drug-likeness (QED) is 0.196. The van der Waals surface area contributed by atoms with Gasteiger partial charge >= 0.3 is 12.2 Å². The first-order valence-corrected chi connectivity index (χ1v) is 19.4. The number of aromatic amines is 1. The molecule has 0 spiro atoms. The van der Waals surface area contributed by atoms with Crippen LogP contribution < -0.4 is 10.6 Å². The summed E-state index contributed by atoms with van der Waals surface area (Å²) in [6.07, 6.45) is 9.71. The Morgan fingerprint density at radius 2 is 1.31 bits per heavy atom. The molecule has 0 bridgehead atoms. The van der Waals surface area contributed by atoms with E-state index >= 15 is 0 Å². The maximum Gasteiger partial charge on any atom is 0.407 e. The second-order valence-electron chi connectivity index (χ2n) is 15.6. The van der Waals surface area contributed by atoms with Crippen molar-refractivity contribution in [1.29, 1.82) is 0 Å². The van der Waals surface area contributed by atoms with Crippen LogP contribution in [0.3, 0.4) is 0 Å². The third-order valence-electron chi connectivity index (χ3n) is 11.4. The van der Waals surface area contributed by atoms with E-state index in [0.29, 0.717) is 30.8 Å². The Bertz CT molecular complexity index is 1760. The fourth-order valence-electron chi connectivity index (χ4n) is 8.31. The SMILES string of the molecule is COC(=O)N[C@H](C(=O)N1CCCC1c1ncc(-c2ccc(C3CCC(c4coc(C5CCCN5C(=O)[C@@H](NC(=O)OC)C(C)C)n4)CC3)cc2)[nH]1)C(C)C. The number of amides is 4. The third-order valence-corrected chi connectivity index (χ3v) is 11.4. The molecule has 14 heteroatoms. The predicted octanol–water partition coefficient (Wildman–Crippen LogP) is 6.59. The van der Waals surface area contributed by atoms with Crippen molar-refractivity contribution in [3.63, 3.8) is 0 Å². The second-order valence-corrected chi connectivity index (χ2v) is 15.6. The summed E-state index contributed by atoms with van der Waals surface area (Å²) in [5.41, 5.74) is 4.19. The molecular formula is C40H55N7O7. The van der Waals surface area contributed by atoms with Crippen molar-refractivity contribution in [2.45, 2.75) is 115 Å². The molecule has 2 aliphatic heterocycles. The number of oxazole rings is 1. The van der Waals surface area contributed by atoms with Crippen molar-refractivity contribution in [1.82, 2.24) is 35.4 Å². The van der Waals surface area contributed by atoms with Crippen molar-refractivity contribution >= 4 is 24.0 Å². The van der Waals surface area contributed by atoms with Crippen molar-refractivity contribution < 1.29 is 33.1 Å². The Morgan fingerprint density at radius 1 is 0.778 bits per heavy atom. The number of H-pyrrole nitrogens is 1. The summed E-state index contributed by atoms with van der Waals surface area (Å²) >= 11 is 0. The number of carbonyl (C=O) groups is 4. The number of likely N-dealkylation sites (tertiary alicyclic amines) is 2. The van der Waals surface area contributed by atoms with E-state index in [0.717, 1.165) is 74.1 Å². The minimum Gasteiger partial charge on any atom is -0.453 e. The van der Waals surface area contributed by atoms with Crippen LogP contribution in [0.1, 0.15) is 126 Å². The molecule has 2 unspecified atom stereocenters. The molecule has 1 aromatic carbocycles. The van der Waals surface area contributed by atoms with E-state index in [1.807, 2.05) is 38.8 Å². The van der Waals surface area contributed by atoms with Gasteiger partial charge in [0.1, 0.15) is 30.2 Å². The number of benzene rings is 1. The Kier molecular flexibility index (Phi) is 12.3. The lowest BCUT2D eigenvalue weighted by Crippen LogP contribution is -2.51. The van der Waals surface area contributed by atoms with Crippen molar-refractivity contribution in [2.24, 2.45) is 11.8 Å². The van der Waals surface area contributed by atoms with Crippen LogP contribution in [-0.2, 0) is 19.1 Å². The summed E-state index contributed by atoms with van der Waals surface area (Å²) in [6, 6.07) is 6.88. The Morgan fingerprint density at radius 3 is 1.87 bits per heavy atom. The highest BCUT2D eigenvalue weighted by Crippen LogP contribution is 2.42. The standard InChI is InChI=1S/C40H55N7O7/c1-23(2)33(44-39(50)52-5)37(48)46-19-7-9-31(46)35-41-21-29(42-35)27-15-11-25(12-16-27)26-13-17-28(18-14-26)30-22-54-36(43-30)32-10-8-20-47(32)38(49)34(24(3)4)45-40(51)53-6/h11-12,15-16,21-24,26,28,31-34H,7-10,13-14,17-20H2,1-6H3,(H,41,42)(H,44,50)(H,45,51)/t26?,28?,31?,32?,33-,34-/m0/s1. The van der Waals surface area contributed by atoms with Gasteiger partial charge in [-0.25, -0.2) is 19.6 Å². The summed E-state index contributed by atoms with van der Waals surface area (Å²) in [7, 11) is 2.59. The van der Waals surface area contributed by atoms with Crippen molar-refractivity contribution in [3.8, 4) is 11.3 Å². The molecule has 3 N–H and O–H groups in total. The number of methoxy groups -OCH3 is 2. The lowest BCUT2D eigenvalue weighted by Gasteiger charge is -2.30. The summed E-state index contributed by atoms with van der Waals surface area (Å²) < 4.78 is 15.5. The molecule has 4 heterocycles. The van der Waals surface area contributed by atoms with Gasteiger partial charge in [0.25, 0.3) is 0 Å². The first kappa shape index (κ1) is 38.8. The summed E-state index contributed by atoms with van der Waals surface area (Å²) in [4.78, 5) is 67.6. The van der Waals surface area contributed by atoms with Crippen LogP contribution in [-0.4, -0.2) is 88.1 Å². The molecule has 4 amide bonds. The zero-order valence-electron chi connectivity index (χ0n) is 32.3. The fraction of sp³-hybridized carbons (Fsp3) is 0.600. The summed E-state index contributed by atoms with van der Waals surface area (Å²) in [5.74, 6) is 1.60. The van der Waals surface area contributed by atoms with Gasteiger partial charge in [-0.3, -0.25) is 9.59 Å². The van der Waals surface area contributed by atoms with Gasteiger partial charge in [0.2, 0.25) is 17.7 Å². The topological polar surface area (TPSA) is 172 Å². The van der Waals surface area contributed by atoms with Gasteiger partial charge in [0.05, 0.1) is 37.8 Å². The van der Waals surface area contributed by atoms with Gasteiger partial charge < -0.3 is 39.3 Å². The number of carbonyl (C=O) groups excluding carboxylic acids is 4. The van der Waals surface area contributed by atoms with Gasteiger partial charge in [-0.15, -0.1) is 0 Å². The molecule has 2 aromatic heterocycles. The number of rotatable bonds is 11. The first-order valence-electron chi connectivity index (χ1n) is 19.4. The summed E-state index contributed by atoms with van der Waals surface area (Å²) in [6.45, 7) is 8.82. The molecular weight excluding hydrogens is 690 g/mol. The molecule has 3 fully saturated rings. The molecule has 1 aliphatic carbocycles. The fourth-order valence-corrected chi connectivity index (χ4v) is 8.31. The van der Waals surface area contributed by atoms with Gasteiger partial charge in [0, 0.05) is 19.0 Å². The predicted molar refractivity (Wildman–Crippen MR) is 200 cm³/mol. The monoisotopic (exact) mass is 745 g/mol. The average molecular weight is 746 g/mol. The first-order chi connectivity index (χ1) is 26.0. The van der Waals surface area contributed by atoms with Gasteiger partial charge in [-0.2, -0.15) is 0 Å². The van der Waals surface area contributed by atoms with E-state index in [9.17, 15) is 19.2 Å².